The Morgan fingerprint density at radius 2 is 1.03 bits per heavy atom. The van der Waals surface area contributed by atoms with Crippen molar-refractivity contribution in [2.24, 2.45) is 0 Å². The molecule has 0 saturated carbocycles. The highest BCUT2D eigenvalue weighted by molar-refractivity contribution is 5.71. The summed E-state index contributed by atoms with van der Waals surface area (Å²) in [5.41, 5.74) is 18.8. The second kappa shape index (κ2) is 6.56. The van der Waals surface area contributed by atoms with Gasteiger partial charge < -0.3 is 21.7 Å². The second-order valence-electron chi connectivity index (χ2n) is 7.79. The molecule has 4 aromatic rings. The Morgan fingerprint density at radius 3 is 1.47 bits per heavy atom. The first-order valence-electron chi connectivity index (χ1n) is 9.86. The monoisotopic (exact) mass is 394 g/mol. The van der Waals surface area contributed by atoms with Crippen molar-refractivity contribution in [3.05, 3.63) is 118 Å². The summed E-state index contributed by atoms with van der Waals surface area (Å²) in [6.07, 6.45) is 0.829. The largest absolute Gasteiger partial charge is 0.506 e. The molecule has 0 aromatic heterocycles. The molecule has 30 heavy (non-hydrogen) atoms. The summed E-state index contributed by atoms with van der Waals surface area (Å²) in [5.74, 6) is 0.105. The third-order valence-electron chi connectivity index (χ3n) is 6.14. The van der Waals surface area contributed by atoms with E-state index in [1.165, 1.54) is 11.1 Å². The standard InChI is InChI=1S/C26H22N2O2/c27-22-14-18(9-11-24(22)29)26(19-10-12-25(30)23(28)15-19)20-7-3-1-5-16(20)13-17-6-2-4-8-21(17)26/h1-12,14-15,29-30H,13,27-28H2. The Morgan fingerprint density at radius 1 is 0.600 bits per heavy atom. The van der Waals surface area contributed by atoms with Crippen LogP contribution in [0.5, 0.6) is 11.5 Å². The summed E-state index contributed by atoms with van der Waals surface area (Å²) in [4.78, 5) is 0. The number of phenols is 2. The minimum Gasteiger partial charge on any atom is -0.506 e. The van der Waals surface area contributed by atoms with Crippen LogP contribution in [0.15, 0.2) is 84.9 Å². The molecule has 1 aliphatic rings. The van der Waals surface area contributed by atoms with Crippen molar-refractivity contribution in [1.82, 2.24) is 0 Å². The number of hydrogen-bond acceptors (Lipinski definition) is 4. The molecule has 5 rings (SSSR count). The van der Waals surface area contributed by atoms with Crippen LogP contribution in [-0.4, -0.2) is 10.2 Å². The first-order valence-corrected chi connectivity index (χ1v) is 9.86. The van der Waals surface area contributed by atoms with E-state index in [-0.39, 0.29) is 11.5 Å². The Kier molecular flexibility index (Phi) is 3.97. The minimum absolute atomic E-state index is 0.0523. The number of hydrogen-bond donors (Lipinski definition) is 4. The van der Waals surface area contributed by atoms with Crippen molar-refractivity contribution in [2.75, 3.05) is 11.5 Å². The summed E-state index contributed by atoms with van der Waals surface area (Å²) in [7, 11) is 0. The maximum atomic E-state index is 10.1. The van der Waals surface area contributed by atoms with E-state index < -0.39 is 5.41 Å². The Balaban J connectivity index is 1.97. The molecule has 4 nitrogen and oxygen atoms in total. The average molecular weight is 394 g/mol. The van der Waals surface area contributed by atoms with Crippen LogP contribution in [0.1, 0.15) is 33.4 Å². The molecule has 0 fully saturated rings. The van der Waals surface area contributed by atoms with Crippen LogP contribution in [0, 0.1) is 0 Å². The van der Waals surface area contributed by atoms with Gasteiger partial charge in [0, 0.05) is 0 Å². The number of benzene rings is 4. The molecule has 4 aromatic carbocycles. The van der Waals surface area contributed by atoms with Crippen LogP contribution in [0.3, 0.4) is 0 Å². The van der Waals surface area contributed by atoms with Crippen LogP contribution in [0.4, 0.5) is 11.4 Å². The Bertz CT molecular complexity index is 1180. The SMILES string of the molecule is Nc1cc(C2(c3ccc(O)c(N)c3)c3ccccc3Cc3ccccc32)ccc1O. The Labute approximate surface area is 175 Å². The first-order chi connectivity index (χ1) is 14.5. The molecule has 0 unspecified atom stereocenters. The van der Waals surface area contributed by atoms with Gasteiger partial charge in [0.15, 0.2) is 0 Å². The highest BCUT2D eigenvalue weighted by atomic mass is 16.3. The van der Waals surface area contributed by atoms with Crippen LogP contribution in [0.25, 0.3) is 0 Å². The summed E-state index contributed by atoms with van der Waals surface area (Å²) in [5, 5.41) is 20.2. The van der Waals surface area contributed by atoms with Crippen molar-refractivity contribution in [3.8, 4) is 11.5 Å². The lowest BCUT2D eigenvalue weighted by Gasteiger charge is -2.42. The zero-order valence-corrected chi connectivity index (χ0v) is 16.3. The second-order valence-corrected chi connectivity index (χ2v) is 7.79. The van der Waals surface area contributed by atoms with E-state index in [2.05, 4.69) is 24.3 Å². The van der Waals surface area contributed by atoms with Crippen LogP contribution < -0.4 is 11.5 Å². The van der Waals surface area contributed by atoms with E-state index in [1.807, 2.05) is 48.5 Å². The van der Waals surface area contributed by atoms with Gasteiger partial charge in [0.25, 0.3) is 0 Å². The lowest BCUT2D eigenvalue weighted by Crippen LogP contribution is -2.36. The van der Waals surface area contributed by atoms with Gasteiger partial charge in [0.05, 0.1) is 16.8 Å². The predicted molar refractivity (Wildman–Crippen MR) is 120 cm³/mol. The fourth-order valence-corrected chi connectivity index (χ4v) is 4.80. The van der Waals surface area contributed by atoms with Gasteiger partial charge in [-0.15, -0.1) is 0 Å². The molecule has 1 aliphatic carbocycles. The van der Waals surface area contributed by atoms with E-state index in [0.29, 0.717) is 11.4 Å². The summed E-state index contributed by atoms with van der Waals surface area (Å²) >= 11 is 0. The molecule has 0 heterocycles. The normalized spacial score (nSPS) is 14.0. The molecule has 6 N–H and O–H groups in total. The molecule has 0 radical (unpaired) electrons. The van der Waals surface area contributed by atoms with Crippen LogP contribution in [-0.2, 0) is 11.8 Å². The molecule has 0 spiro atoms. The zero-order chi connectivity index (χ0) is 20.9. The van der Waals surface area contributed by atoms with Crippen molar-refractivity contribution in [2.45, 2.75) is 11.8 Å². The van der Waals surface area contributed by atoms with E-state index in [4.69, 9.17) is 11.5 Å². The molecule has 0 amide bonds. The number of anilines is 2. The number of rotatable bonds is 2. The number of aromatic hydroxyl groups is 2. The first kappa shape index (κ1) is 18.1. The lowest BCUT2D eigenvalue weighted by atomic mass is 9.59. The number of nitrogens with two attached hydrogens (primary N) is 2. The predicted octanol–water partition coefficient (Wildman–Crippen LogP) is 4.55. The van der Waals surface area contributed by atoms with Crippen LogP contribution >= 0.6 is 0 Å². The minimum atomic E-state index is -0.685. The zero-order valence-electron chi connectivity index (χ0n) is 16.3. The topological polar surface area (TPSA) is 92.5 Å². The van der Waals surface area contributed by atoms with Gasteiger partial charge in [-0.3, -0.25) is 0 Å². The van der Waals surface area contributed by atoms with Crippen molar-refractivity contribution in [1.29, 1.82) is 0 Å². The fraction of sp³-hybridized carbons (Fsp3) is 0.0769. The smallest absolute Gasteiger partial charge is 0.138 e. The summed E-state index contributed by atoms with van der Waals surface area (Å²) in [6.45, 7) is 0. The van der Waals surface area contributed by atoms with E-state index >= 15 is 0 Å². The lowest BCUT2D eigenvalue weighted by molar-refractivity contribution is 0.477. The van der Waals surface area contributed by atoms with Crippen molar-refractivity contribution >= 4 is 11.4 Å². The van der Waals surface area contributed by atoms with Crippen molar-refractivity contribution in [3.63, 3.8) is 0 Å². The molecule has 0 atom stereocenters. The van der Waals surface area contributed by atoms with Gasteiger partial charge >= 0.3 is 0 Å². The third-order valence-corrected chi connectivity index (χ3v) is 6.14. The molecule has 4 heteroatoms. The number of nitrogen functional groups attached to an aromatic ring is 2. The third kappa shape index (κ3) is 2.47. The van der Waals surface area contributed by atoms with E-state index in [0.717, 1.165) is 28.7 Å². The van der Waals surface area contributed by atoms with E-state index in [1.54, 1.807) is 12.1 Å². The van der Waals surface area contributed by atoms with Crippen molar-refractivity contribution < 1.29 is 10.2 Å². The number of phenolic OH excluding ortho intramolecular Hbond substituents is 2. The van der Waals surface area contributed by atoms with Crippen LogP contribution in [0.2, 0.25) is 0 Å². The maximum absolute atomic E-state index is 10.1. The van der Waals surface area contributed by atoms with Gasteiger partial charge in [-0.05, 0) is 64.1 Å². The van der Waals surface area contributed by atoms with Gasteiger partial charge in [-0.2, -0.15) is 0 Å². The molecular formula is C26H22N2O2. The summed E-state index contributed by atoms with van der Waals surface area (Å²) < 4.78 is 0. The quantitative estimate of drug-likeness (QED) is 0.261. The Hall–Kier alpha value is -3.92. The maximum Gasteiger partial charge on any atom is 0.138 e. The molecular weight excluding hydrogens is 372 g/mol. The molecule has 0 aliphatic heterocycles. The molecule has 0 saturated heterocycles. The van der Waals surface area contributed by atoms with Gasteiger partial charge in [-0.1, -0.05) is 60.7 Å². The number of fused-ring (bicyclic) bond motifs is 2. The van der Waals surface area contributed by atoms with Gasteiger partial charge in [0.1, 0.15) is 11.5 Å². The molecule has 0 bridgehead atoms. The average Bonchev–Trinajstić information content (AvgIpc) is 2.76. The van der Waals surface area contributed by atoms with E-state index in [9.17, 15) is 10.2 Å². The van der Waals surface area contributed by atoms with Gasteiger partial charge in [0.2, 0.25) is 0 Å². The highest BCUT2D eigenvalue weighted by Gasteiger charge is 2.44. The summed E-state index contributed by atoms with van der Waals surface area (Å²) in [6, 6.07) is 27.5. The fourth-order valence-electron chi connectivity index (χ4n) is 4.80. The highest BCUT2D eigenvalue weighted by Crippen LogP contribution is 2.52. The van der Waals surface area contributed by atoms with Gasteiger partial charge in [-0.25, -0.2) is 0 Å². The molecule has 148 valence electrons.